The number of carboxylic acid groups (broad SMARTS) is 1. The van der Waals surface area contributed by atoms with E-state index in [0.29, 0.717) is 30.6 Å². The van der Waals surface area contributed by atoms with E-state index in [-0.39, 0.29) is 5.92 Å². The van der Waals surface area contributed by atoms with Gasteiger partial charge in [0, 0.05) is 30.5 Å². The Hall–Kier alpha value is -1.36. The van der Waals surface area contributed by atoms with E-state index in [1.807, 2.05) is 6.92 Å². The van der Waals surface area contributed by atoms with Crippen LogP contribution in [0.2, 0.25) is 5.15 Å². The van der Waals surface area contributed by atoms with Gasteiger partial charge in [0.1, 0.15) is 11.0 Å². The van der Waals surface area contributed by atoms with Crippen molar-refractivity contribution in [2.45, 2.75) is 38.0 Å². The molecule has 1 atom stereocenters. The Morgan fingerprint density at radius 3 is 2.79 bits per heavy atom. The van der Waals surface area contributed by atoms with Crippen molar-refractivity contribution < 1.29 is 9.90 Å². The van der Waals surface area contributed by atoms with Gasteiger partial charge in [-0.05, 0) is 19.3 Å². The van der Waals surface area contributed by atoms with Crippen LogP contribution in [0.3, 0.4) is 0 Å². The number of aromatic nitrogens is 2. The minimum atomic E-state index is -0.883. The summed E-state index contributed by atoms with van der Waals surface area (Å²) >= 11 is 6.27. The van der Waals surface area contributed by atoms with Gasteiger partial charge >= 0.3 is 6.09 Å². The molecule has 1 aromatic heterocycles. The predicted octanol–water partition coefficient (Wildman–Crippen LogP) is 2.65. The summed E-state index contributed by atoms with van der Waals surface area (Å²) < 4.78 is 0. The number of rotatable bonds is 1. The fraction of sp³-hybridized carbons (Fsp3) is 0.615. The number of hydrogen-bond acceptors (Lipinski definition) is 3. The molecule has 2 aliphatic rings. The van der Waals surface area contributed by atoms with Gasteiger partial charge in [-0.1, -0.05) is 18.5 Å². The minimum Gasteiger partial charge on any atom is -0.465 e. The van der Waals surface area contributed by atoms with Gasteiger partial charge in [-0.2, -0.15) is 0 Å². The summed E-state index contributed by atoms with van der Waals surface area (Å²) in [5.74, 6) is 1.35. The molecule has 102 valence electrons. The molecule has 5 nitrogen and oxygen atoms in total. The van der Waals surface area contributed by atoms with E-state index in [2.05, 4.69) is 9.97 Å². The van der Waals surface area contributed by atoms with Gasteiger partial charge in [0.05, 0.1) is 5.69 Å². The summed E-state index contributed by atoms with van der Waals surface area (Å²) in [5.41, 5.74) is 1.85. The van der Waals surface area contributed by atoms with Crippen molar-refractivity contribution in [2.75, 3.05) is 13.1 Å². The average Bonchev–Trinajstić information content (AvgIpc) is 3.17. The third-order valence-corrected chi connectivity index (χ3v) is 4.12. The van der Waals surface area contributed by atoms with Crippen LogP contribution in [-0.2, 0) is 6.42 Å². The van der Waals surface area contributed by atoms with Crippen molar-refractivity contribution in [2.24, 2.45) is 0 Å². The molecule has 3 rings (SSSR count). The van der Waals surface area contributed by atoms with Crippen molar-refractivity contribution in [3.05, 3.63) is 22.2 Å². The van der Waals surface area contributed by atoms with Crippen molar-refractivity contribution in [1.29, 1.82) is 0 Å². The topological polar surface area (TPSA) is 66.3 Å². The second kappa shape index (κ2) is 4.63. The first-order chi connectivity index (χ1) is 9.06. The van der Waals surface area contributed by atoms with Crippen LogP contribution in [0.5, 0.6) is 0 Å². The van der Waals surface area contributed by atoms with Gasteiger partial charge in [0.2, 0.25) is 0 Å². The SMILES string of the molecule is CC1CN(C(=O)O)CCc2c(Cl)nc(C3CC3)nc21. The highest BCUT2D eigenvalue weighted by Gasteiger charge is 2.31. The van der Waals surface area contributed by atoms with E-state index in [1.165, 1.54) is 4.90 Å². The smallest absolute Gasteiger partial charge is 0.407 e. The zero-order valence-electron chi connectivity index (χ0n) is 10.8. The molecule has 0 saturated heterocycles. The molecule has 1 fully saturated rings. The predicted molar refractivity (Wildman–Crippen MR) is 70.7 cm³/mol. The van der Waals surface area contributed by atoms with Crippen LogP contribution in [0.15, 0.2) is 0 Å². The van der Waals surface area contributed by atoms with Gasteiger partial charge in [-0.25, -0.2) is 14.8 Å². The van der Waals surface area contributed by atoms with E-state index >= 15 is 0 Å². The normalized spacial score (nSPS) is 22.8. The summed E-state index contributed by atoms with van der Waals surface area (Å²) in [5, 5.41) is 9.64. The second-order valence-electron chi connectivity index (χ2n) is 5.39. The number of fused-ring (bicyclic) bond motifs is 1. The van der Waals surface area contributed by atoms with Gasteiger partial charge in [0.15, 0.2) is 0 Å². The molecule has 0 spiro atoms. The first-order valence-electron chi connectivity index (χ1n) is 6.60. The molecule has 1 saturated carbocycles. The fourth-order valence-electron chi connectivity index (χ4n) is 2.58. The molecular weight excluding hydrogens is 266 g/mol. The Bertz CT molecular complexity index is 531. The summed E-state index contributed by atoms with van der Waals surface area (Å²) in [7, 11) is 0. The standard InChI is InChI=1S/C13H16ClN3O2/c1-7-6-17(13(18)19)5-4-9-10(7)15-12(8-2-3-8)16-11(9)14/h7-8H,2-6H2,1H3,(H,18,19). The van der Waals surface area contributed by atoms with Gasteiger partial charge in [0.25, 0.3) is 0 Å². The Balaban J connectivity index is 1.98. The maximum absolute atomic E-state index is 11.1. The van der Waals surface area contributed by atoms with E-state index in [4.69, 9.17) is 16.7 Å². The van der Waals surface area contributed by atoms with Crippen LogP contribution in [0.25, 0.3) is 0 Å². The third kappa shape index (κ3) is 2.39. The second-order valence-corrected chi connectivity index (χ2v) is 5.75. The molecule has 1 aromatic rings. The Morgan fingerprint density at radius 1 is 1.42 bits per heavy atom. The number of nitrogens with zero attached hydrogens (tertiary/aromatic N) is 3. The highest BCUT2D eigenvalue weighted by Crippen LogP contribution is 2.40. The molecule has 1 N–H and O–H groups in total. The molecule has 1 aliphatic heterocycles. The van der Waals surface area contributed by atoms with Crippen molar-refractivity contribution >= 4 is 17.7 Å². The van der Waals surface area contributed by atoms with E-state index in [1.54, 1.807) is 0 Å². The maximum atomic E-state index is 11.1. The molecule has 6 heteroatoms. The van der Waals surface area contributed by atoms with Gasteiger partial charge < -0.3 is 10.0 Å². The average molecular weight is 282 g/mol. The largest absolute Gasteiger partial charge is 0.465 e. The minimum absolute atomic E-state index is 0.0617. The lowest BCUT2D eigenvalue weighted by molar-refractivity contribution is 0.144. The molecule has 19 heavy (non-hydrogen) atoms. The molecule has 0 bridgehead atoms. The zero-order chi connectivity index (χ0) is 13.6. The fourth-order valence-corrected chi connectivity index (χ4v) is 2.86. The van der Waals surface area contributed by atoms with Crippen LogP contribution in [0, 0.1) is 0 Å². The third-order valence-electron chi connectivity index (χ3n) is 3.81. The van der Waals surface area contributed by atoms with Crippen molar-refractivity contribution in [3.63, 3.8) is 0 Å². The molecule has 0 aromatic carbocycles. The monoisotopic (exact) mass is 281 g/mol. The molecule has 2 heterocycles. The van der Waals surface area contributed by atoms with Crippen LogP contribution in [0.1, 0.15) is 48.7 Å². The molecular formula is C13H16ClN3O2. The lowest BCUT2D eigenvalue weighted by Crippen LogP contribution is -2.32. The van der Waals surface area contributed by atoms with Crippen molar-refractivity contribution in [3.8, 4) is 0 Å². The number of hydrogen-bond donors (Lipinski definition) is 1. The van der Waals surface area contributed by atoms with E-state index < -0.39 is 6.09 Å². The van der Waals surface area contributed by atoms with Crippen LogP contribution in [-0.4, -0.2) is 39.2 Å². The van der Waals surface area contributed by atoms with Gasteiger partial charge in [-0.3, -0.25) is 0 Å². The lowest BCUT2D eigenvalue weighted by atomic mass is 10.0. The molecule has 1 amide bonds. The molecule has 0 radical (unpaired) electrons. The Morgan fingerprint density at radius 2 is 2.16 bits per heavy atom. The number of amides is 1. The highest BCUT2D eigenvalue weighted by molar-refractivity contribution is 6.30. The van der Waals surface area contributed by atoms with Gasteiger partial charge in [-0.15, -0.1) is 0 Å². The summed E-state index contributed by atoms with van der Waals surface area (Å²) in [6.07, 6.45) is 1.97. The van der Waals surface area contributed by atoms with Crippen LogP contribution < -0.4 is 0 Å². The van der Waals surface area contributed by atoms with Crippen molar-refractivity contribution in [1.82, 2.24) is 14.9 Å². The van der Waals surface area contributed by atoms with E-state index in [0.717, 1.165) is 29.9 Å². The first-order valence-corrected chi connectivity index (χ1v) is 6.98. The first kappa shape index (κ1) is 12.7. The Kier molecular flexibility index (Phi) is 3.09. The number of halogens is 1. The van der Waals surface area contributed by atoms with E-state index in [9.17, 15) is 4.79 Å². The number of carbonyl (C=O) groups is 1. The quantitative estimate of drug-likeness (QED) is 0.804. The van der Waals surface area contributed by atoms with Crippen LogP contribution in [0.4, 0.5) is 4.79 Å². The summed E-state index contributed by atoms with van der Waals surface area (Å²) in [4.78, 5) is 21.6. The molecule has 1 aliphatic carbocycles. The zero-order valence-corrected chi connectivity index (χ0v) is 11.5. The van der Waals surface area contributed by atoms with Crippen LogP contribution >= 0.6 is 11.6 Å². The molecule has 1 unspecified atom stereocenters. The Labute approximate surface area is 116 Å². The lowest BCUT2D eigenvalue weighted by Gasteiger charge is -2.19. The summed E-state index contributed by atoms with van der Waals surface area (Å²) in [6, 6.07) is 0. The summed E-state index contributed by atoms with van der Waals surface area (Å²) in [6.45, 7) is 2.93. The maximum Gasteiger partial charge on any atom is 0.407 e. The highest BCUT2D eigenvalue weighted by atomic mass is 35.5.